The number of fused-ring (bicyclic) bond motifs is 1. The number of aliphatic hydroxyl groups is 1. The van der Waals surface area contributed by atoms with Gasteiger partial charge in [0.2, 0.25) is 5.91 Å². The van der Waals surface area contributed by atoms with Crippen LogP contribution in [0.1, 0.15) is 68.8 Å². The third-order valence-electron chi connectivity index (χ3n) is 8.04. The fraction of sp³-hybridized carbons (Fsp3) is 0.618. The Labute approximate surface area is 263 Å². The summed E-state index contributed by atoms with van der Waals surface area (Å²) in [5, 5.41) is 13.1. The molecule has 1 aliphatic heterocycles. The Morgan fingerprint density at radius 2 is 1.91 bits per heavy atom. The molecule has 2 amide bonds. The van der Waals surface area contributed by atoms with E-state index in [2.05, 4.69) is 29.2 Å². The number of nitrogens with one attached hydrogen (secondary N) is 1. The Bertz CT molecular complexity index is 1160. The Hall–Kier alpha value is -3.05. The molecule has 4 atom stereocenters. The molecule has 3 rings (SSSR count). The number of carbonyl (C=O) groups excluding carboxylic acids is 2. The summed E-state index contributed by atoms with van der Waals surface area (Å²) in [5.41, 5.74) is 2.10. The number of hydrogen-bond donors (Lipinski definition) is 2. The lowest BCUT2D eigenvalue weighted by molar-refractivity contribution is -0.116. The van der Waals surface area contributed by atoms with Crippen molar-refractivity contribution in [3.05, 3.63) is 53.9 Å². The van der Waals surface area contributed by atoms with Gasteiger partial charge in [0.05, 0.1) is 30.4 Å². The van der Waals surface area contributed by atoms with E-state index in [0.29, 0.717) is 43.1 Å². The van der Waals surface area contributed by atoms with Gasteiger partial charge in [-0.3, -0.25) is 19.5 Å². The van der Waals surface area contributed by atoms with Crippen molar-refractivity contribution < 1.29 is 24.2 Å². The third-order valence-corrected chi connectivity index (χ3v) is 8.04. The molecule has 1 aliphatic rings. The summed E-state index contributed by atoms with van der Waals surface area (Å²) < 4.78 is 12.8. The van der Waals surface area contributed by atoms with Gasteiger partial charge in [0, 0.05) is 56.7 Å². The maximum absolute atomic E-state index is 14.3. The van der Waals surface area contributed by atoms with Gasteiger partial charge in [-0.15, -0.1) is 0 Å². The van der Waals surface area contributed by atoms with Gasteiger partial charge in [-0.05, 0) is 103 Å². The van der Waals surface area contributed by atoms with E-state index in [0.717, 1.165) is 38.8 Å². The van der Waals surface area contributed by atoms with E-state index in [1.54, 1.807) is 35.5 Å². The van der Waals surface area contributed by atoms with E-state index in [-0.39, 0.29) is 36.5 Å². The molecule has 244 valence electrons. The summed E-state index contributed by atoms with van der Waals surface area (Å²) in [4.78, 5) is 37.1. The van der Waals surface area contributed by atoms with Crippen molar-refractivity contribution in [1.82, 2.24) is 19.7 Å². The quantitative estimate of drug-likeness (QED) is 0.388. The van der Waals surface area contributed by atoms with E-state index in [9.17, 15) is 14.7 Å². The van der Waals surface area contributed by atoms with E-state index in [1.807, 2.05) is 45.0 Å². The number of amides is 2. The minimum absolute atomic E-state index is 0.0151. The zero-order valence-electron chi connectivity index (χ0n) is 27.5. The van der Waals surface area contributed by atoms with Gasteiger partial charge in [0.25, 0.3) is 5.91 Å². The van der Waals surface area contributed by atoms with E-state index < -0.39 is 6.04 Å². The van der Waals surface area contributed by atoms with Crippen molar-refractivity contribution >= 4 is 17.5 Å². The average Bonchev–Trinajstić information content (AvgIpc) is 2.98. The first kappa shape index (κ1) is 35.4. The molecule has 0 radical (unpaired) electrons. The Kier molecular flexibility index (Phi) is 14.5. The number of carbonyl (C=O) groups is 2. The van der Waals surface area contributed by atoms with Crippen molar-refractivity contribution in [2.75, 3.05) is 59.3 Å². The van der Waals surface area contributed by atoms with Gasteiger partial charge in [-0.2, -0.15) is 0 Å². The molecule has 0 fully saturated rings. The van der Waals surface area contributed by atoms with Gasteiger partial charge in [-0.25, -0.2) is 0 Å². The first-order valence-electron chi connectivity index (χ1n) is 15.9. The van der Waals surface area contributed by atoms with Crippen molar-refractivity contribution in [3.63, 3.8) is 0 Å². The molecule has 1 aromatic carbocycles. The van der Waals surface area contributed by atoms with Gasteiger partial charge in [0.1, 0.15) is 5.75 Å². The highest BCUT2D eigenvalue weighted by Gasteiger charge is 2.30. The summed E-state index contributed by atoms with van der Waals surface area (Å²) in [5.74, 6) is 0.126. The van der Waals surface area contributed by atoms with Crippen LogP contribution in [-0.4, -0.2) is 109 Å². The second kappa shape index (κ2) is 18.0. The van der Waals surface area contributed by atoms with Crippen LogP contribution in [0.2, 0.25) is 0 Å². The lowest BCUT2D eigenvalue weighted by Gasteiger charge is -2.36. The van der Waals surface area contributed by atoms with Crippen molar-refractivity contribution in [1.29, 1.82) is 0 Å². The molecule has 2 N–H and O–H groups in total. The highest BCUT2D eigenvalue weighted by Crippen LogP contribution is 2.28. The molecule has 0 spiro atoms. The molecular weight excluding hydrogens is 558 g/mol. The summed E-state index contributed by atoms with van der Waals surface area (Å²) in [6, 6.07) is 8.87. The lowest BCUT2D eigenvalue weighted by Crippen LogP contribution is -2.47. The molecule has 0 unspecified atom stereocenters. The van der Waals surface area contributed by atoms with Crippen LogP contribution in [0.15, 0.2) is 42.7 Å². The highest BCUT2D eigenvalue weighted by atomic mass is 16.5. The van der Waals surface area contributed by atoms with Crippen LogP contribution >= 0.6 is 0 Å². The predicted molar refractivity (Wildman–Crippen MR) is 174 cm³/mol. The molecule has 10 heteroatoms. The smallest absolute Gasteiger partial charge is 0.258 e. The molecule has 0 aliphatic carbocycles. The first-order valence-corrected chi connectivity index (χ1v) is 15.9. The van der Waals surface area contributed by atoms with Crippen LogP contribution in [0.4, 0.5) is 5.69 Å². The van der Waals surface area contributed by atoms with Crippen LogP contribution in [0.25, 0.3) is 0 Å². The standard InChI is InChI=1S/C34H53N5O5/c1-25-21-39(26(2)24-40)34(42)30-20-29(36-33(41)11-9-18-37(4)5)12-13-31(30)44-27(3)10-7-8-19-43-32(25)23-38(6)22-28-14-16-35-17-15-28/h12-17,20,25-27,32,40H,7-11,18-19,21-24H2,1-6H3,(H,36,41)/t25-,26+,27-,32-/m0/s1. The van der Waals surface area contributed by atoms with Crippen LogP contribution in [0.3, 0.4) is 0 Å². The minimum Gasteiger partial charge on any atom is -0.490 e. The number of pyridine rings is 1. The molecule has 0 saturated heterocycles. The summed E-state index contributed by atoms with van der Waals surface area (Å²) >= 11 is 0. The zero-order chi connectivity index (χ0) is 32.1. The van der Waals surface area contributed by atoms with Crippen molar-refractivity contribution in [3.8, 4) is 5.75 Å². The van der Waals surface area contributed by atoms with Crippen molar-refractivity contribution in [2.45, 2.75) is 77.7 Å². The fourth-order valence-electron chi connectivity index (χ4n) is 5.41. The summed E-state index contributed by atoms with van der Waals surface area (Å²) in [6.07, 6.45) is 7.16. The normalized spacial score (nSPS) is 21.0. The van der Waals surface area contributed by atoms with Gasteiger partial charge in [-0.1, -0.05) is 6.92 Å². The number of hydrogen-bond acceptors (Lipinski definition) is 8. The number of likely N-dealkylation sites (N-methyl/N-ethyl adjacent to an activating group) is 1. The molecule has 10 nitrogen and oxygen atoms in total. The first-order chi connectivity index (χ1) is 21.1. The minimum atomic E-state index is -0.428. The van der Waals surface area contributed by atoms with Gasteiger partial charge in [0.15, 0.2) is 0 Å². The van der Waals surface area contributed by atoms with E-state index in [1.165, 1.54) is 5.56 Å². The number of aliphatic hydroxyl groups excluding tert-OH is 1. The number of ether oxygens (including phenoxy) is 2. The molecule has 2 aromatic rings. The van der Waals surface area contributed by atoms with Crippen molar-refractivity contribution in [2.24, 2.45) is 5.92 Å². The van der Waals surface area contributed by atoms with Gasteiger partial charge >= 0.3 is 0 Å². The largest absolute Gasteiger partial charge is 0.490 e. The van der Waals surface area contributed by atoms with E-state index in [4.69, 9.17) is 9.47 Å². The lowest BCUT2D eigenvalue weighted by atomic mass is 10.0. The second-order valence-electron chi connectivity index (χ2n) is 12.5. The molecule has 0 saturated carbocycles. The van der Waals surface area contributed by atoms with Crippen LogP contribution in [0.5, 0.6) is 5.75 Å². The number of nitrogens with zero attached hydrogens (tertiary/aromatic N) is 4. The zero-order valence-corrected chi connectivity index (χ0v) is 27.5. The number of aromatic nitrogens is 1. The SMILES string of the molecule is C[C@H](CO)N1C[C@H](C)[C@H](CN(C)Cc2ccncc2)OCCCC[C@H](C)Oc2ccc(NC(=O)CCCN(C)C)cc2C1=O. The number of rotatable bonds is 11. The average molecular weight is 612 g/mol. The third kappa shape index (κ3) is 11.5. The fourth-order valence-corrected chi connectivity index (χ4v) is 5.41. The monoisotopic (exact) mass is 611 g/mol. The Morgan fingerprint density at radius 1 is 1.16 bits per heavy atom. The molecule has 44 heavy (non-hydrogen) atoms. The molecule has 1 aromatic heterocycles. The second-order valence-corrected chi connectivity index (χ2v) is 12.5. The van der Waals surface area contributed by atoms with E-state index >= 15 is 0 Å². The molecule has 2 heterocycles. The summed E-state index contributed by atoms with van der Waals surface area (Å²) in [6.45, 7) is 9.07. The topological polar surface area (TPSA) is 107 Å². The number of anilines is 1. The molecule has 0 bridgehead atoms. The maximum Gasteiger partial charge on any atom is 0.258 e. The van der Waals surface area contributed by atoms with Gasteiger partial charge < -0.3 is 29.7 Å². The Morgan fingerprint density at radius 3 is 2.61 bits per heavy atom. The van der Waals surface area contributed by atoms with Crippen LogP contribution in [0, 0.1) is 5.92 Å². The molecular formula is C34H53N5O5. The van der Waals surface area contributed by atoms with Crippen LogP contribution in [-0.2, 0) is 16.1 Å². The van der Waals surface area contributed by atoms with Crippen LogP contribution < -0.4 is 10.1 Å². The number of benzene rings is 1. The Balaban J connectivity index is 1.87. The summed E-state index contributed by atoms with van der Waals surface area (Å²) in [7, 11) is 6.04. The maximum atomic E-state index is 14.3. The highest BCUT2D eigenvalue weighted by molar-refractivity contribution is 5.99. The predicted octanol–water partition coefficient (Wildman–Crippen LogP) is 4.29.